The molecule has 0 amide bonds. The Morgan fingerprint density at radius 2 is 1.95 bits per heavy atom. The zero-order chi connectivity index (χ0) is 14.4. The molecule has 2 aromatic carbocycles. The molecule has 0 fully saturated rings. The lowest BCUT2D eigenvalue weighted by molar-refractivity contribution is 0.397. The van der Waals surface area contributed by atoms with Crippen molar-refractivity contribution in [1.82, 2.24) is 9.55 Å². The van der Waals surface area contributed by atoms with E-state index >= 15 is 0 Å². The summed E-state index contributed by atoms with van der Waals surface area (Å²) < 4.78 is 2.20. The lowest BCUT2D eigenvalue weighted by atomic mass is 10.0. The lowest BCUT2D eigenvalue weighted by Gasteiger charge is -2.20. The number of fused-ring (bicyclic) bond motifs is 2. The number of rotatable bonds is 1. The van der Waals surface area contributed by atoms with Gasteiger partial charge in [-0.25, -0.2) is 4.98 Å². The molecule has 1 aliphatic rings. The highest BCUT2D eigenvalue weighted by molar-refractivity contribution is 5.97. The number of aromatic nitrogens is 2. The topological polar surface area (TPSA) is 43.8 Å². The number of imidazole rings is 1. The Hall–Kier alpha value is -2.29. The van der Waals surface area contributed by atoms with Crippen molar-refractivity contribution in [3.8, 4) is 11.3 Å². The molecule has 2 N–H and O–H groups in total. The Kier molecular flexibility index (Phi) is 2.74. The molecule has 0 saturated carbocycles. The summed E-state index contributed by atoms with van der Waals surface area (Å²) in [6, 6.07) is 14.7. The summed E-state index contributed by atoms with van der Waals surface area (Å²) in [6.45, 7) is 3.26. The van der Waals surface area contributed by atoms with Gasteiger partial charge in [-0.2, -0.15) is 0 Å². The number of nitrogen functional groups attached to an aromatic ring is 1. The van der Waals surface area contributed by atoms with Crippen molar-refractivity contribution < 1.29 is 0 Å². The fourth-order valence-electron chi connectivity index (χ4n) is 3.32. The highest BCUT2D eigenvalue weighted by atomic mass is 15.1. The summed E-state index contributed by atoms with van der Waals surface area (Å²) in [5.74, 6) is 2.62. The van der Waals surface area contributed by atoms with E-state index in [1.54, 1.807) is 0 Å². The molecular formula is C18H19N3. The van der Waals surface area contributed by atoms with Gasteiger partial charge in [0.1, 0.15) is 17.3 Å². The first-order chi connectivity index (χ1) is 10.2. The third-order valence-electron chi connectivity index (χ3n) is 4.49. The van der Waals surface area contributed by atoms with Crippen molar-refractivity contribution >= 4 is 16.6 Å². The molecule has 0 saturated heterocycles. The van der Waals surface area contributed by atoms with Crippen molar-refractivity contribution in [2.75, 3.05) is 5.73 Å². The predicted molar refractivity (Wildman–Crippen MR) is 87.1 cm³/mol. The van der Waals surface area contributed by atoms with E-state index in [0.29, 0.717) is 5.92 Å². The monoisotopic (exact) mass is 277 g/mol. The largest absolute Gasteiger partial charge is 0.383 e. The van der Waals surface area contributed by atoms with Crippen LogP contribution in [0, 0.1) is 5.92 Å². The van der Waals surface area contributed by atoms with Gasteiger partial charge in [0.25, 0.3) is 0 Å². The first-order valence-corrected chi connectivity index (χ1v) is 7.57. The van der Waals surface area contributed by atoms with Gasteiger partial charge in [-0.05, 0) is 23.1 Å². The van der Waals surface area contributed by atoms with E-state index in [4.69, 9.17) is 10.7 Å². The predicted octanol–water partition coefficient (Wildman–Crippen LogP) is 3.87. The fraction of sp³-hybridized carbons (Fsp3) is 0.278. The van der Waals surface area contributed by atoms with E-state index < -0.39 is 0 Å². The van der Waals surface area contributed by atoms with E-state index in [2.05, 4.69) is 54.0 Å². The lowest BCUT2D eigenvalue weighted by Crippen LogP contribution is -2.19. The summed E-state index contributed by atoms with van der Waals surface area (Å²) in [4.78, 5) is 4.84. The molecule has 0 spiro atoms. The maximum atomic E-state index is 6.41. The average Bonchev–Trinajstić information content (AvgIpc) is 2.83. The van der Waals surface area contributed by atoms with Gasteiger partial charge in [0.05, 0.1) is 0 Å². The average molecular weight is 277 g/mol. The van der Waals surface area contributed by atoms with Crippen LogP contribution in [0.1, 0.15) is 19.2 Å². The zero-order valence-corrected chi connectivity index (χ0v) is 12.2. The smallest absolute Gasteiger partial charge is 0.131 e. The second kappa shape index (κ2) is 4.62. The summed E-state index contributed by atoms with van der Waals surface area (Å²) in [6.07, 6.45) is 2.22. The standard InChI is InChI=1S/C18H19N3/c1-12-9-10-16-20-17(18(19)21(16)11-12)15-8-4-6-13-5-2-3-7-14(13)15/h2-8,12H,9-11,19H2,1H3. The molecule has 1 atom stereocenters. The highest BCUT2D eigenvalue weighted by Gasteiger charge is 2.22. The SMILES string of the molecule is CC1CCc2nc(-c3cccc4ccccc34)c(N)n2C1. The number of anilines is 1. The number of hydrogen-bond donors (Lipinski definition) is 1. The summed E-state index contributed by atoms with van der Waals surface area (Å²) in [5, 5.41) is 2.45. The van der Waals surface area contributed by atoms with Gasteiger partial charge in [-0.1, -0.05) is 49.4 Å². The number of nitrogens with two attached hydrogens (primary N) is 1. The fourth-order valence-corrected chi connectivity index (χ4v) is 3.32. The minimum Gasteiger partial charge on any atom is -0.383 e. The van der Waals surface area contributed by atoms with Crippen molar-refractivity contribution in [3.05, 3.63) is 48.3 Å². The summed E-state index contributed by atoms with van der Waals surface area (Å²) in [7, 11) is 0. The molecule has 3 aromatic rings. The van der Waals surface area contributed by atoms with Crippen molar-refractivity contribution in [1.29, 1.82) is 0 Å². The van der Waals surface area contributed by atoms with Crippen LogP contribution in [0.3, 0.4) is 0 Å². The van der Waals surface area contributed by atoms with E-state index in [1.165, 1.54) is 17.2 Å². The third kappa shape index (κ3) is 1.92. The molecule has 0 bridgehead atoms. The van der Waals surface area contributed by atoms with E-state index in [-0.39, 0.29) is 0 Å². The van der Waals surface area contributed by atoms with Gasteiger partial charge in [-0.15, -0.1) is 0 Å². The van der Waals surface area contributed by atoms with Crippen LogP contribution in [0.2, 0.25) is 0 Å². The maximum absolute atomic E-state index is 6.41. The molecular weight excluding hydrogens is 258 g/mol. The van der Waals surface area contributed by atoms with Gasteiger partial charge in [0.15, 0.2) is 0 Å². The Labute approximate surface area is 124 Å². The molecule has 0 radical (unpaired) electrons. The van der Waals surface area contributed by atoms with Crippen LogP contribution >= 0.6 is 0 Å². The van der Waals surface area contributed by atoms with Crippen LogP contribution < -0.4 is 5.73 Å². The van der Waals surface area contributed by atoms with E-state index in [1.807, 2.05) is 0 Å². The van der Waals surface area contributed by atoms with E-state index in [9.17, 15) is 0 Å². The summed E-state index contributed by atoms with van der Waals surface area (Å²) in [5.41, 5.74) is 8.49. The zero-order valence-electron chi connectivity index (χ0n) is 12.2. The molecule has 21 heavy (non-hydrogen) atoms. The van der Waals surface area contributed by atoms with Gasteiger partial charge in [0, 0.05) is 18.5 Å². The minimum absolute atomic E-state index is 0.675. The Morgan fingerprint density at radius 1 is 1.14 bits per heavy atom. The normalized spacial score (nSPS) is 17.9. The number of aryl methyl sites for hydroxylation is 1. The van der Waals surface area contributed by atoms with Crippen LogP contribution in [0.4, 0.5) is 5.82 Å². The Balaban J connectivity index is 1.94. The number of benzene rings is 2. The first kappa shape index (κ1) is 12.5. The highest BCUT2D eigenvalue weighted by Crippen LogP contribution is 2.34. The molecule has 2 heterocycles. The Morgan fingerprint density at radius 3 is 2.86 bits per heavy atom. The van der Waals surface area contributed by atoms with Gasteiger partial charge in [-0.3, -0.25) is 0 Å². The van der Waals surface area contributed by atoms with Gasteiger partial charge < -0.3 is 10.3 Å². The quantitative estimate of drug-likeness (QED) is 0.734. The molecule has 4 rings (SSSR count). The molecule has 3 heteroatoms. The molecule has 1 unspecified atom stereocenters. The van der Waals surface area contributed by atoms with Crippen molar-refractivity contribution in [3.63, 3.8) is 0 Å². The van der Waals surface area contributed by atoms with Crippen LogP contribution in [-0.4, -0.2) is 9.55 Å². The minimum atomic E-state index is 0.675. The van der Waals surface area contributed by atoms with Crippen LogP contribution in [0.15, 0.2) is 42.5 Å². The molecule has 1 aromatic heterocycles. The second-order valence-corrected chi connectivity index (χ2v) is 6.04. The Bertz CT molecular complexity index is 811. The molecule has 106 valence electrons. The van der Waals surface area contributed by atoms with E-state index in [0.717, 1.165) is 35.9 Å². The van der Waals surface area contributed by atoms with Crippen molar-refractivity contribution in [2.24, 2.45) is 5.92 Å². The molecule has 0 aliphatic carbocycles. The number of nitrogens with zero attached hydrogens (tertiary/aromatic N) is 2. The van der Waals surface area contributed by atoms with Crippen LogP contribution in [0.25, 0.3) is 22.0 Å². The molecule has 1 aliphatic heterocycles. The second-order valence-electron chi connectivity index (χ2n) is 6.04. The van der Waals surface area contributed by atoms with Crippen LogP contribution in [-0.2, 0) is 13.0 Å². The van der Waals surface area contributed by atoms with Crippen molar-refractivity contribution in [2.45, 2.75) is 26.3 Å². The summed E-state index contributed by atoms with van der Waals surface area (Å²) >= 11 is 0. The van der Waals surface area contributed by atoms with Crippen LogP contribution in [0.5, 0.6) is 0 Å². The maximum Gasteiger partial charge on any atom is 0.131 e. The van der Waals surface area contributed by atoms with Gasteiger partial charge >= 0.3 is 0 Å². The third-order valence-corrected chi connectivity index (χ3v) is 4.49. The van der Waals surface area contributed by atoms with Gasteiger partial charge in [0.2, 0.25) is 0 Å². The first-order valence-electron chi connectivity index (χ1n) is 7.57. The molecule has 3 nitrogen and oxygen atoms in total. The number of hydrogen-bond acceptors (Lipinski definition) is 2.